The topological polar surface area (TPSA) is 122 Å². The summed E-state index contributed by atoms with van der Waals surface area (Å²) in [6, 6.07) is 0. The summed E-state index contributed by atoms with van der Waals surface area (Å²) in [5.41, 5.74) is 0. The van der Waals surface area contributed by atoms with Gasteiger partial charge < -0.3 is 38.8 Å². The lowest BCUT2D eigenvalue weighted by molar-refractivity contribution is -0.143. The Balaban J connectivity index is 3.09. The highest BCUT2D eigenvalue weighted by Crippen LogP contribution is 2.04. The number of carbonyl (C=O) groups is 2. The maximum atomic E-state index is 11.3. The first-order valence-electron chi connectivity index (χ1n) is 11.6. The Morgan fingerprint density at radius 1 is 0.594 bits per heavy atom. The van der Waals surface area contributed by atoms with Crippen molar-refractivity contribution in [2.45, 2.75) is 45.4 Å². The molecule has 32 heavy (non-hydrogen) atoms. The van der Waals surface area contributed by atoms with Crippen molar-refractivity contribution >= 4 is 11.9 Å². The van der Waals surface area contributed by atoms with Gasteiger partial charge in [0.25, 0.3) is 0 Å². The predicted molar refractivity (Wildman–Crippen MR) is 119 cm³/mol. The van der Waals surface area contributed by atoms with Crippen molar-refractivity contribution < 1.29 is 43.1 Å². The van der Waals surface area contributed by atoms with E-state index < -0.39 is 12.6 Å². The van der Waals surface area contributed by atoms with Crippen LogP contribution >= 0.6 is 0 Å². The molecule has 190 valence electrons. The molecule has 0 heterocycles. The van der Waals surface area contributed by atoms with Crippen LogP contribution in [-0.4, -0.2) is 103 Å². The van der Waals surface area contributed by atoms with E-state index in [0.29, 0.717) is 66.0 Å². The number of aliphatic carboxylic acids is 1. The van der Waals surface area contributed by atoms with Gasteiger partial charge in [0.2, 0.25) is 5.91 Å². The van der Waals surface area contributed by atoms with Crippen molar-refractivity contribution in [3.05, 3.63) is 0 Å². The number of nitrogens with one attached hydrogen (secondary N) is 1. The van der Waals surface area contributed by atoms with Crippen molar-refractivity contribution in [1.29, 1.82) is 0 Å². The number of unbranched alkanes of at least 4 members (excludes halogenated alkanes) is 5. The fourth-order valence-electron chi connectivity index (χ4n) is 2.51. The molecule has 1 amide bonds. The first-order valence-corrected chi connectivity index (χ1v) is 11.6. The van der Waals surface area contributed by atoms with Crippen molar-refractivity contribution in [2.24, 2.45) is 0 Å². The van der Waals surface area contributed by atoms with Crippen molar-refractivity contribution in [3.63, 3.8) is 0 Å². The first-order chi connectivity index (χ1) is 15.7. The van der Waals surface area contributed by atoms with Gasteiger partial charge >= 0.3 is 5.97 Å². The molecule has 0 saturated carbocycles. The van der Waals surface area contributed by atoms with Crippen LogP contribution in [0.5, 0.6) is 0 Å². The second-order valence-corrected chi connectivity index (χ2v) is 7.07. The first kappa shape index (κ1) is 30.7. The van der Waals surface area contributed by atoms with E-state index in [-0.39, 0.29) is 12.5 Å². The molecule has 0 aliphatic heterocycles. The summed E-state index contributed by atoms with van der Waals surface area (Å²) in [6.07, 6.45) is 7.61. The quantitative estimate of drug-likeness (QED) is 0.184. The summed E-state index contributed by atoms with van der Waals surface area (Å²) in [7, 11) is 0. The van der Waals surface area contributed by atoms with Gasteiger partial charge in [-0.15, -0.1) is 0 Å². The molecule has 10 heteroatoms. The molecule has 0 aromatic rings. The lowest BCUT2D eigenvalue weighted by Crippen LogP contribution is -2.31. The van der Waals surface area contributed by atoms with E-state index in [9.17, 15) is 9.59 Å². The lowest BCUT2D eigenvalue weighted by Gasteiger charge is -2.08. The minimum atomic E-state index is -1.11. The third-order valence-corrected chi connectivity index (χ3v) is 4.16. The molecule has 0 rings (SSSR count). The standard InChI is InChI=1S/C22H43NO9/c1-2-3-4-5-6-7-9-27-11-13-29-15-17-31-18-16-30-14-12-28-10-8-23-21(24)19-32-20-22(25)26/h2-20H2,1H3,(H,23,24)(H,25,26). The van der Waals surface area contributed by atoms with Crippen LogP contribution in [0.2, 0.25) is 0 Å². The maximum Gasteiger partial charge on any atom is 0.329 e. The average Bonchev–Trinajstić information content (AvgIpc) is 2.77. The average molecular weight is 466 g/mol. The Hall–Kier alpha value is -1.30. The Bertz CT molecular complexity index is 424. The van der Waals surface area contributed by atoms with Gasteiger partial charge in [-0.3, -0.25) is 4.79 Å². The van der Waals surface area contributed by atoms with Crippen LogP contribution < -0.4 is 5.32 Å². The summed E-state index contributed by atoms with van der Waals surface area (Å²) in [4.78, 5) is 21.5. The van der Waals surface area contributed by atoms with Crippen LogP contribution in [0.1, 0.15) is 45.4 Å². The zero-order valence-electron chi connectivity index (χ0n) is 19.6. The van der Waals surface area contributed by atoms with Gasteiger partial charge in [-0.1, -0.05) is 39.0 Å². The van der Waals surface area contributed by atoms with Gasteiger partial charge in [0.1, 0.15) is 13.2 Å². The summed E-state index contributed by atoms with van der Waals surface area (Å²) >= 11 is 0. The second kappa shape index (κ2) is 26.0. The van der Waals surface area contributed by atoms with Gasteiger partial charge in [-0.05, 0) is 6.42 Å². The molecule has 0 fully saturated rings. The number of hydrogen-bond donors (Lipinski definition) is 2. The van der Waals surface area contributed by atoms with E-state index in [1.807, 2.05) is 0 Å². The number of ether oxygens (including phenoxy) is 6. The second-order valence-electron chi connectivity index (χ2n) is 7.07. The predicted octanol–water partition coefficient (Wildman–Crippen LogP) is 1.65. The van der Waals surface area contributed by atoms with Crippen LogP contribution in [0, 0.1) is 0 Å². The molecule has 0 aliphatic rings. The van der Waals surface area contributed by atoms with E-state index in [1.165, 1.54) is 32.1 Å². The van der Waals surface area contributed by atoms with E-state index in [0.717, 1.165) is 13.0 Å². The Kier molecular flexibility index (Phi) is 24.9. The van der Waals surface area contributed by atoms with Crippen molar-refractivity contribution in [2.75, 3.05) is 85.8 Å². The highest BCUT2D eigenvalue weighted by molar-refractivity contribution is 5.77. The highest BCUT2D eigenvalue weighted by Gasteiger charge is 2.03. The molecule has 10 nitrogen and oxygen atoms in total. The zero-order valence-corrected chi connectivity index (χ0v) is 19.6. The fraction of sp³-hybridized carbons (Fsp3) is 0.909. The number of carbonyl (C=O) groups excluding carboxylic acids is 1. The fourth-order valence-corrected chi connectivity index (χ4v) is 2.51. The van der Waals surface area contributed by atoms with Gasteiger partial charge in [-0.2, -0.15) is 0 Å². The van der Waals surface area contributed by atoms with Crippen LogP contribution in [-0.2, 0) is 38.0 Å². The summed E-state index contributed by atoms with van der Waals surface area (Å²) in [5, 5.41) is 10.9. The minimum Gasteiger partial charge on any atom is -0.480 e. The smallest absolute Gasteiger partial charge is 0.329 e. The molecule has 0 aliphatic carbocycles. The Labute approximate surface area is 192 Å². The highest BCUT2D eigenvalue weighted by atomic mass is 16.6. The van der Waals surface area contributed by atoms with Crippen molar-refractivity contribution in [3.8, 4) is 0 Å². The monoisotopic (exact) mass is 465 g/mol. The van der Waals surface area contributed by atoms with E-state index in [4.69, 9.17) is 28.8 Å². The number of amides is 1. The third kappa shape index (κ3) is 26.7. The SMILES string of the molecule is CCCCCCCCOCCOCCOCCOCCOCCNC(=O)COCC(=O)O. The van der Waals surface area contributed by atoms with Gasteiger partial charge in [0.05, 0.1) is 59.5 Å². The largest absolute Gasteiger partial charge is 0.480 e. The molecule has 0 saturated heterocycles. The third-order valence-electron chi connectivity index (χ3n) is 4.16. The van der Waals surface area contributed by atoms with Crippen LogP contribution in [0.3, 0.4) is 0 Å². The summed E-state index contributed by atoms with van der Waals surface area (Å²) in [5.74, 6) is -1.49. The molecule has 0 spiro atoms. The van der Waals surface area contributed by atoms with Crippen LogP contribution in [0.4, 0.5) is 0 Å². The van der Waals surface area contributed by atoms with E-state index in [2.05, 4.69) is 17.0 Å². The number of carboxylic acids is 1. The Morgan fingerprint density at radius 2 is 1.06 bits per heavy atom. The molecule has 0 atom stereocenters. The normalized spacial score (nSPS) is 11.0. The summed E-state index contributed by atoms with van der Waals surface area (Å²) < 4.78 is 31.7. The van der Waals surface area contributed by atoms with E-state index >= 15 is 0 Å². The summed E-state index contributed by atoms with van der Waals surface area (Å²) in [6.45, 7) is 7.00. The number of rotatable bonds is 26. The molecular weight excluding hydrogens is 422 g/mol. The number of carboxylic acid groups (broad SMARTS) is 1. The Morgan fingerprint density at radius 3 is 1.59 bits per heavy atom. The van der Waals surface area contributed by atoms with Crippen molar-refractivity contribution in [1.82, 2.24) is 5.32 Å². The molecule has 2 N–H and O–H groups in total. The van der Waals surface area contributed by atoms with Gasteiger partial charge in [0, 0.05) is 13.2 Å². The van der Waals surface area contributed by atoms with Crippen LogP contribution in [0.15, 0.2) is 0 Å². The minimum absolute atomic E-state index is 0.284. The molecule has 0 aromatic carbocycles. The lowest BCUT2D eigenvalue weighted by atomic mass is 10.1. The molecule has 0 bridgehead atoms. The molecule has 0 radical (unpaired) electrons. The number of hydrogen-bond acceptors (Lipinski definition) is 8. The van der Waals surface area contributed by atoms with E-state index in [1.54, 1.807) is 0 Å². The van der Waals surface area contributed by atoms with Gasteiger partial charge in [-0.25, -0.2) is 4.79 Å². The zero-order chi connectivity index (χ0) is 23.5. The van der Waals surface area contributed by atoms with Gasteiger partial charge in [0.15, 0.2) is 0 Å². The van der Waals surface area contributed by atoms with Crippen LogP contribution in [0.25, 0.3) is 0 Å². The molecule has 0 unspecified atom stereocenters. The molecular formula is C22H43NO9. The maximum absolute atomic E-state index is 11.3. The molecule has 0 aromatic heterocycles.